The number of halogens is 1. The van der Waals surface area contributed by atoms with Gasteiger partial charge in [0.25, 0.3) is 11.8 Å². The third kappa shape index (κ3) is 3.44. The van der Waals surface area contributed by atoms with E-state index in [1.54, 1.807) is 12.1 Å². The first-order valence-electron chi connectivity index (χ1n) is 9.06. The number of hydrogen-bond donors (Lipinski definition) is 2. The Labute approximate surface area is 175 Å². The molecule has 30 heavy (non-hydrogen) atoms. The molecular weight excluding hydrogens is 406 g/mol. The summed E-state index contributed by atoms with van der Waals surface area (Å²) in [6.45, 7) is 0. The highest BCUT2D eigenvalue weighted by atomic mass is 35.5. The minimum absolute atomic E-state index is 0.0276. The Morgan fingerprint density at radius 3 is 2.53 bits per heavy atom. The summed E-state index contributed by atoms with van der Waals surface area (Å²) in [6.07, 6.45) is -0.985. The molecule has 1 atom stereocenters. The highest BCUT2D eigenvalue weighted by Crippen LogP contribution is 2.27. The predicted octanol–water partition coefficient (Wildman–Crippen LogP) is 4.21. The maximum atomic E-state index is 12.8. The van der Waals surface area contributed by atoms with E-state index in [9.17, 15) is 4.79 Å². The maximum absolute atomic E-state index is 12.8. The number of amides is 1. The molecule has 2 aromatic heterocycles. The molecular formula is C21H14ClN5O3. The lowest BCUT2D eigenvalue weighted by Gasteiger charge is -2.11. The fourth-order valence-electron chi connectivity index (χ4n) is 3.11. The quantitative estimate of drug-likeness (QED) is 0.513. The summed E-state index contributed by atoms with van der Waals surface area (Å²) < 4.78 is 10.8. The minimum atomic E-state index is -0.985. The number of aliphatic imine (C=N–C) groups is 1. The second kappa shape index (κ2) is 7.49. The number of aromatic nitrogens is 2. The van der Waals surface area contributed by atoms with Crippen LogP contribution in [0.3, 0.4) is 0 Å². The topological polar surface area (TPSA) is 106 Å². The molecule has 1 aliphatic rings. The van der Waals surface area contributed by atoms with Gasteiger partial charge in [0.1, 0.15) is 0 Å². The van der Waals surface area contributed by atoms with Crippen LogP contribution < -0.4 is 10.6 Å². The monoisotopic (exact) mass is 419 g/mol. The lowest BCUT2D eigenvalue weighted by atomic mass is 10.0. The van der Waals surface area contributed by atoms with Crippen molar-refractivity contribution < 1.29 is 13.6 Å². The van der Waals surface area contributed by atoms with Gasteiger partial charge in [-0.05, 0) is 29.8 Å². The first-order chi connectivity index (χ1) is 14.7. The lowest BCUT2D eigenvalue weighted by Crippen LogP contribution is -2.32. The van der Waals surface area contributed by atoms with Crippen molar-refractivity contribution in [2.24, 2.45) is 4.99 Å². The maximum Gasteiger partial charge on any atom is 0.317 e. The number of rotatable bonds is 4. The highest BCUT2D eigenvalue weighted by molar-refractivity contribution is 6.29. The van der Waals surface area contributed by atoms with Crippen LogP contribution in [0.4, 0.5) is 11.7 Å². The van der Waals surface area contributed by atoms with Crippen molar-refractivity contribution in [3.8, 4) is 11.7 Å². The van der Waals surface area contributed by atoms with Gasteiger partial charge in [0, 0.05) is 11.1 Å². The van der Waals surface area contributed by atoms with Gasteiger partial charge in [-0.25, -0.2) is 4.99 Å². The smallest absolute Gasteiger partial charge is 0.317 e. The minimum Gasteiger partial charge on any atom is -0.440 e. The molecule has 0 spiro atoms. The van der Waals surface area contributed by atoms with Gasteiger partial charge in [0.05, 0.1) is 11.4 Å². The molecule has 5 rings (SSSR count). The fraction of sp³-hybridized carbons (Fsp3) is 0.0476. The van der Waals surface area contributed by atoms with Crippen LogP contribution in [-0.4, -0.2) is 28.0 Å². The zero-order valence-corrected chi connectivity index (χ0v) is 16.1. The number of hydrogen-bond acceptors (Lipinski definition) is 7. The number of fused-ring (bicyclic) bond motifs is 1. The van der Waals surface area contributed by atoms with Crippen LogP contribution in [0.5, 0.6) is 0 Å². The standard InChI is InChI=1S/C21H14ClN5O3/c22-16-11-10-15(29-16)20-26-27-21(30-20)25-18-19(28)23-14-9-5-4-8-13(14)17(24-18)12-6-2-1-3-7-12/h1-11,18H,(H,23,28)(H,25,27). The Morgan fingerprint density at radius 2 is 1.73 bits per heavy atom. The van der Waals surface area contributed by atoms with Gasteiger partial charge < -0.3 is 19.5 Å². The molecule has 148 valence electrons. The molecule has 0 saturated heterocycles. The first kappa shape index (κ1) is 18.1. The van der Waals surface area contributed by atoms with Crippen molar-refractivity contribution in [2.75, 3.05) is 10.6 Å². The number of carbonyl (C=O) groups is 1. The van der Waals surface area contributed by atoms with Crippen molar-refractivity contribution in [3.63, 3.8) is 0 Å². The third-order valence-electron chi connectivity index (χ3n) is 4.46. The van der Waals surface area contributed by atoms with E-state index in [0.717, 1.165) is 11.1 Å². The van der Waals surface area contributed by atoms with Crippen molar-refractivity contribution in [3.05, 3.63) is 83.1 Å². The lowest BCUT2D eigenvalue weighted by molar-refractivity contribution is -0.116. The number of anilines is 2. The van der Waals surface area contributed by atoms with Crippen LogP contribution in [0.2, 0.25) is 5.22 Å². The van der Waals surface area contributed by atoms with Crippen LogP contribution in [0.1, 0.15) is 11.1 Å². The summed E-state index contributed by atoms with van der Waals surface area (Å²) in [7, 11) is 0. The Balaban J connectivity index is 1.51. The third-order valence-corrected chi connectivity index (χ3v) is 4.67. The van der Waals surface area contributed by atoms with Crippen molar-refractivity contribution in [1.82, 2.24) is 10.2 Å². The number of para-hydroxylation sites is 1. The molecule has 1 aliphatic heterocycles. The number of nitrogens with one attached hydrogen (secondary N) is 2. The van der Waals surface area contributed by atoms with E-state index in [4.69, 9.17) is 20.4 Å². The van der Waals surface area contributed by atoms with Crippen LogP contribution in [0.15, 0.2) is 80.6 Å². The summed E-state index contributed by atoms with van der Waals surface area (Å²) in [5, 5.41) is 13.8. The number of benzene rings is 2. The molecule has 1 unspecified atom stereocenters. The number of furan rings is 1. The molecule has 2 aromatic carbocycles. The summed E-state index contributed by atoms with van der Waals surface area (Å²) in [4.78, 5) is 17.5. The van der Waals surface area contributed by atoms with Crippen molar-refractivity contribution >= 4 is 34.9 Å². The van der Waals surface area contributed by atoms with Gasteiger partial charge in [-0.1, -0.05) is 53.6 Å². The largest absolute Gasteiger partial charge is 0.440 e. The summed E-state index contributed by atoms with van der Waals surface area (Å²) >= 11 is 5.79. The van der Waals surface area contributed by atoms with E-state index < -0.39 is 6.17 Å². The molecule has 0 radical (unpaired) electrons. The van der Waals surface area contributed by atoms with Gasteiger partial charge in [-0.3, -0.25) is 4.79 Å². The molecule has 8 nitrogen and oxygen atoms in total. The number of nitrogens with zero attached hydrogens (tertiary/aromatic N) is 3. The molecule has 0 bridgehead atoms. The number of carbonyl (C=O) groups excluding carboxylic acids is 1. The van der Waals surface area contributed by atoms with E-state index in [2.05, 4.69) is 25.8 Å². The Morgan fingerprint density at radius 1 is 0.933 bits per heavy atom. The molecule has 0 fully saturated rings. The van der Waals surface area contributed by atoms with E-state index in [-0.39, 0.29) is 23.0 Å². The van der Waals surface area contributed by atoms with Gasteiger partial charge in [0.2, 0.25) is 6.17 Å². The van der Waals surface area contributed by atoms with Crippen LogP contribution in [-0.2, 0) is 4.79 Å². The predicted molar refractivity (Wildman–Crippen MR) is 112 cm³/mol. The zero-order chi connectivity index (χ0) is 20.5. The van der Waals surface area contributed by atoms with E-state index in [0.29, 0.717) is 17.2 Å². The Hall–Kier alpha value is -3.91. The Kier molecular flexibility index (Phi) is 4.53. The Bertz CT molecular complexity index is 1250. The molecule has 4 aromatic rings. The van der Waals surface area contributed by atoms with Gasteiger partial charge in [-0.15, -0.1) is 5.10 Å². The number of benzodiazepines with no additional fused rings is 1. The van der Waals surface area contributed by atoms with Gasteiger partial charge in [-0.2, -0.15) is 0 Å². The van der Waals surface area contributed by atoms with Gasteiger partial charge >= 0.3 is 6.01 Å². The van der Waals surface area contributed by atoms with Crippen LogP contribution in [0, 0.1) is 0 Å². The average Bonchev–Trinajstić information content (AvgIpc) is 3.38. The summed E-state index contributed by atoms with van der Waals surface area (Å²) in [6, 6.07) is 20.3. The fourth-order valence-corrected chi connectivity index (χ4v) is 3.25. The second-order valence-electron chi connectivity index (χ2n) is 6.44. The van der Waals surface area contributed by atoms with Crippen LogP contribution >= 0.6 is 11.6 Å². The summed E-state index contributed by atoms with van der Waals surface area (Å²) in [5.41, 5.74) is 3.04. The molecule has 3 heterocycles. The van der Waals surface area contributed by atoms with E-state index in [1.807, 2.05) is 54.6 Å². The molecule has 9 heteroatoms. The molecule has 2 N–H and O–H groups in total. The molecule has 0 saturated carbocycles. The first-order valence-corrected chi connectivity index (χ1v) is 9.44. The summed E-state index contributed by atoms with van der Waals surface area (Å²) in [5.74, 6) is 0.106. The van der Waals surface area contributed by atoms with Crippen molar-refractivity contribution in [1.29, 1.82) is 0 Å². The molecule has 1 amide bonds. The normalized spacial score (nSPS) is 15.7. The van der Waals surface area contributed by atoms with Crippen molar-refractivity contribution in [2.45, 2.75) is 6.17 Å². The second-order valence-corrected chi connectivity index (χ2v) is 6.81. The van der Waals surface area contributed by atoms with E-state index in [1.165, 1.54) is 0 Å². The van der Waals surface area contributed by atoms with Crippen LogP contribution in [0.25, 0.3) is 11.7 Å². The molecule has 0 aliphatic carbocycles. The average molecular weight is 420 g/mol. The highest BCUT2D eigenvalue weighted by Gasteiger charge is 2.27. The SMILES string of the molecule is O=C1Nc2ccccc2C(c2ccccc2)=NC1Nc1nnc(-c2ccc(Cl)o2)o1. The van der Waals surface area contributed by atoms with E-state index >= 15 is 0 Å². The zero-order valence-electron chi connectivity index (χ0n) is 15.4. The van der Waals surface area contributed by atoms with Gasteiger partial charge in [0.15, 0.2) is 11.0 Å².